The molecule has 6 heteroatoms. The minimum atomic E-state index is -0.389. The van der Waals surface area contributed by atoms with Crippen LogP contribution in [-0.2, 0) is 14.3 Å². The third kappa shape index (κ3) is 2.63. The van der Waals surface area contributed by atoms with Crippen molar-refractivity contribution >= 4 is 23.6 Å². The number of hydrogen-bond donors (Lipinski definition) is 0. The molecule has 0 radical (unpaired) electrons. The summed E-state index contributed by atoms with van der Waals surface area (Å²) in [6, 6.07) is 3.57. The van der Waals surface area contributed by atoms with Gasteiger partial charge >= 0.3 is 5.97 Å². The Morgan fingerprint density at radius 1 is 1.71 bits per heavy atom. The van der Waals surface area contributed by atoms with Crippen LogP contribution in [0.2, 0.25) is 0 Å². The van der Waals surface area contributed by atoms with Crippen molar-refractivity contribution in [2.75, 3.05) is 18.9 Å². The number of ether oxygens (including phenoxy) is 1. The minimum absolute atomic E-state index is 0.0228. The third-order valence-corrected chi connectivity index (χ3v) is 3.58. The van der Waals surface area contributed by atoms with Crippen molar-refractivity contribution < 1.29 is 18.7 Å². The average molecular weight is 255 g/mol. The Morgan fingerprint density at radius 3 is 3.18 bits per heavy atom. The first kappa shape index (κ1) is 12.0. The molecule has 2 heterocycles. The number of furan rings is 1. The number of rotatable bonds is 4. The van der Waals surface area contributed by atoms with E-state index in [0.717, 1.165) is 0 Å². The Morgan fingerprint density at radius 2 is 2.53 bits per heavy atom. The molecule has 1 aromatic heterocycles. The van der Waals surface area contributed by atoms with Gasteiger partial charge in [0.1, 0.15) is 17.7 Å². The van der Waals surface area contributed by atoms with Crippen LogP contribution in [0.1, 0.15) is 18.1 Å². The number of amides is 1. The number of esters is 1. The molecule has 0 aliphatic carbocycles. The minimum Gasteiger partial charge on any atom is -0.466 e. The van der Waals surface area contributed by atoms with E-state index in [1.165, 1.54) is 16.7 Å². The molecule has 1 atom stereocenters. The summed E-state index contributed by atoms with van der Waals surface area (Å²) in [6.07, 6.45) is 1.56. The first-order valence-corrected chi connectivity index (χ1v) is 6.37. The molecule has 0 saturated carbocycles. The van der Waals surface area contributed by atoms with Gasteiger partial charge in [0, 0.05) is 0 Å². The predicted octanol–water partition coefficient (Wildman–Crippen LogP) is 1.42. The maximum Gasteiger partial charge on any atom is 0.325 e. The van der Waals surface area contributed by atoms with Gasteiger partial charge in [0.25, 0.3) is 0 Å². The highest BCUT2D eigenvalue weighted by Crippen LogP contribution is 2.38. The number of hydrogen-bond acceptors (Lipinski definition) is 5. The van der Waals surface area contributed by atoms with Crippen LogP contribution in [-0.4, -0.2) is 35.7 Å². The van der Waals surface area contributed by atoms with Crippen molar-refractivity contribution in [1.29, 1.82) is 0 Å². The van der Waals surface area contributed by atoms with E-state index in [1.54, 1.807) is 25.3 Å². The fraction of sp³-hybridized carbons (Fsp3) is 0.455. The first-order valence-electron chi connectivity index (χ1n) is 5.32. The molecule has 0 N–H and O–H groups in total. The molecule has 1 amide bonds. The van der Waals surface area contributed by atoms with Gasteiger partial charge in [0.2, 0.25) is 5.91 Å². The summed E-state index contributed by atoms with van der Waals surface area (Å²) in [7, 11) is 0. The van der Waals surface area contributed by atoms with Crippen LogP contribution in [0.4, 0.5) is 0 Å². The normalized spacial score (nSPS) is 19.7. The summed E-state index contributed by atoms with van der Waals surface area (Å²) >= 11 is 1.45. The van der Waals surface area contributed by atoms with Crippen molar-refractivity contribution in [3.63, 3.8) is 0 Å². The Hall–Kier alpha value is -1.43. The van der Waals surface area contributed by atoms with Crippen LogP contribution in [0, 0.1) is 0 Å². The maximum atomic E-state index is 11.7. The Kier molecular flexibility index (Phi) is 3.73. The lowest BCUT2D eigenvalue weighted by atomic mass is 10.3. The van der Waals surface area contributed by atoms with Crippen molar-refractivity contribution in [2.45, 2.75) is 12.3 Å². The molecular weight excluding hydrogens is 242 g/mol. The molecule has 17 heavy (non-hydrogen) atoms. The highest BCUT2D eigenvalue weighted by molar-refractivity contribution is 8.00. The van der Waals surface area contributed by atoms with Crippen LogP contribution >= 0.6 is 11.8 Å². The zero-order valence-corrected chi connectivity index (χ0v) is 10.2. The van der Waals surface area contributed by atoms with Crippen LogP contribution in [0.25, 0.3) is 0 Å². The Labute approximate surface area is 103 Å². The van der Waals surface area contributed by atoms with Gasteiger partial charge in [-0.1, -0.05) is 0 Å². The molecule has 1 unspecified atom stereocenters. The SMILES string of the molecule is CCOC(=O)CN1C(=O)CSC1c1ccco1. The van der Waals surface area contributed by atoms with E-state index < -0.39 is 0 Å². The summed E-state index contributed by atoms with van der Waals surface area (Å²) in [5, 5.41) is -0.220. The maximum absolute atomic E-state index is 11.7. The highest BCUT2D eigenvalue weighted by atomic mass is 32.2. The summed E-state index contributed by atoms with van der Waals surface area (Å²) in [5.41, 5.74) is 0. The molecular formula is C11H13NO4S. The smallest absolute Gasteiger partial charge is 0.325 e. The van der Waals surface area contributed by atoms with E-state index in [-0.39, 0.29) is 23.8 Å². The molecule has 1 fully saturated rings. The summed E-state index contributed by atoms with van der Waals surface area (Å²) < 4.78 is 10.1. The predicted molar refractivity (Wildman–Crippen MR) is 62.3 cm³/mol. The van der Waals surface area contributed by atoms with Gasteiger partial charge in [-0.05, 0) is 19.1 Å². The van der Waals surface area contributed by atoms with Crippen molar-refractivity contribution in [1.82, 2.24) is 4.90 Å². The monoisotopic (exact) mass is 255 g/mol. The summed E-state index contributed by atoms with van der Waals surface area (Å²) in [5.74, 6) is 0.597. The zero-order chi connectivity index (χ0) is 12.3. The van der Waals surface area contributed by atoms with E-state index in [0.29, 0.717) is 18.1 Å². The van der Waals surface area contributed by atoms with Gasteiger partial charge in [-0.2, -0.15) is 0 Å². The number of thioether (sulfide) groups is 1. The second-order valence-electron chi connectivity index (χ2n) is 3.51. The molecule has 0 aromatic carbocycles. The van der Waals surface area contributed by atoms with Crippen LogP contribution in [0.15, 0.2) is 22.8 Å². The largest absolute Gasteiger partial charge is 0.466 e. The second-order valence-corrected chi connectivity index (χ2v) is 4.57. The fourth-order valence-electron chi connectivity index (χ4n) is 1.64. The lowest BCUT2D eigenvalue weighted by molar-refractivity contribution is -0.148. The van der Waals surface area contributed by atoms with Crippen LogP contribution < -0.4 is 0 Å². The van der Waals surface area contributed by atoms with Gasteiger partial charge < -0.3 is 14.1 Å². The van der Waals surface area contributed by atoms with E-state index >= 15 is 0 Å². The first-order chi connectivity index (χ1) is 8.22. The van der Waals surface area contributed by atoms with Gasteiger partial charge in [-0.3, -0.25) is 9.59 Å². The molecule has 92 valence electrons. The van der Waals surface area contributed by atoms with Crippen molar-refractivity contribution in [2.24, 2.45) is 0 Å². The molecule has 1 saturated heterocycles. The molecule has 1 aromatic rings. The Bertz CT molecular complexity index is 404. The average Bonchev–Trinajstić information content (AvgIpc) is 2.90. The third-order valence-electron chi connectivity index (χ3n) is 2.36. The van der Waals surface area contributed by atoms with Gasteiger partial charge in [0.15, 0.2) is 0 Å². The quantitative estimate of drug-likeness (QED) is 0.761. The van der Waals surface area contributed by atoms with E-state index in [2.05, 4.69) is 0 Å². The zero-order valence-electron chi connectivity index (χ0n) is 9.42. The molecule has 0 spiro atoms. The lowest BCUT2D eigenvalue weighted by Crippen LogP contribution is -2.34. The van der Waals surface area contributed by atoms with Crippen molar-refractivity contribution in [3.05, 3.63) is 24.2 Å². The summed E-state index contributed by atoms with van der Waals surface area (Å²) in [4.78, 5) is 24.6. The lowest BCUT2D eigenvalue weighted by Gasteiger charge is -2.20. The number of carbonyl (C=O) groups excluding carboxylic acids is 2. The van der Waals surface area contributed by atoms with Gasteiger partial charge in [-0.25, -0.2) is 0 Å². The van der Waals surface area contributed by atoms with Gasteiger partial charge in [-0.15, -0.1) is 11.8 Å². The Balaban J connectivity index is 2.07. The molecule has 2 rings (SSSR count). The standard InChI is InChI=1S/C11H13NO4S/c1-2-15-10(14)6-12-9(13)7-17-11(12)8-4-3-5-16-8/h3-5,11H,2,6-7H2,1H3. The number of carbonyl (C=O) groups is 2. The number of nitrogens with zero attached hydrogens (tertiary/aromatic N) is 1. The molecule has 1 aliphatic heterocycles. The topological polar surface area (TPSA) is 59.8 Å². The highest BCUT2D eigenvalue weighted by Gasteiger charge is 2.35. The van der Waals surface area contributed by atoms with Crippen LogP contribution in [0.5, 0.6) is 0 Å². The second kappa shape index (κ2) is 5.27. The van der Waals surface area contributed by atoms with Crippen LogP contribution in [0.3, 0.4) is 0 Å². The van der Waals surface area contributed by atoms with Gasteiger partial charge in [0.05, 0.1) is 18.6 Å². The van der Waals surface area contributed by atoms with Crippen molar-refractivity contribution in [3.8, 4) is 0 Å². The summed E-state index contributed by atoms with van der Waals surface area (Å²) in [6.45, 7) is 2.03. The molecule has 0 bridgehead atoms. The fourth-order valence-corrected chi connectivity index (χ4v) is 2.77. The molecule has 5 nitrogen and oxygen atoms in total. The molecule has 1 aliphatic rings. The van der Waals surface area contributed by atoms with E-state index in [9.17, 15) is 9.59 Å². The van der Waals surface area contributed by atoms with E-state index in [1.807, 2.05) is 0 Å². The van der Waals surface area contributed by atoms with E-state index in [4.69, 9.17) is 9.15 Å².